The fraction of sp³-hybridized carbons (Fsp3) is 0.385. The van der Waals surface area contributed by atoms with Crippen molar-refractivity contribution in [2.45, 2.75) is 44.3 Å². The summed E-state index contributed by atoms with van der Waals surface area (Å²) in [5.74, 6) is -2.54. The molecule has 2 aromatic carbocycles. The maximum atomic E-state index is 13.9. The number of ether oxygens (including phenoxy) is 1. The van der Waals surface area contributed by atoms with Crippen molar-refractivity contribution in [3.05, 3.63) is 59.2 Å². The molecule has 35 heavy (non-hydrogen) atoms. The molecule has 0 radical (unpaired) electrons. The van der Waals surface area contributed by atoms with Gasteiger partial charge in [0.1, 0.15) is 23.6 Å². The lowest BCUT2D eigenvalue weighted by molar-refractivity contribution is -0.734. The Morgan fingerprint density at radius 3 is 2.57 bits per heavy atom. The zero-order chi connectivity index (χ0) is 24.9. The van der Waals surface area contributed by atoms with Gasteiger partial charge in [0, 0.05) is 24.0 Å². The lowest BCUT2D eigenvalue weighted by Crippen LogP contribution is -2.99. The van der Waals surface area contributed by atoms with Gasteiger partial charge in [-0.15, -0.1) is 0 Å². The maximum Gasteiger partial charge on any atom is 0.291 e. The van der Waals surface area contributed by atoms with Gasteiger partial charge in [-0.05, 0) is 18.1 Å². The third-order valence-electron chi connectivity index (χ3n) is 7.71. The van der Waals surface area contributed by atoms with Crippen molar-refractivity contribution >= 4 is 29.3 Å². The Bertz CT molecular complexity index is 1240. The molecule has 4 amide bonds. The number of benzene rings is 2. The molecular formula is C26H29N4O5+. The van der Waals surface area contributed by atoms with E-state index >= 15 is 0 Å². The number of aryl methyl sites for hydroxylation is 1. The van der Waals surface area contributed by atoms with Crippen LogP contribution in [0.4, 0.5) is 5.69 Å². The van der Waals surface area contributed by atoms with E-state index in [1.54, 1.807) is 6.07 Å². The van der Waals surface area contributed by atoms with Gasteiger partial charge in [0.05, 0.1) is 19.3 Å². The van der Waals surface area contributed by atoms with Crippen LogP contribution in [-0.2, 0) is 37.7 Å². The van der Waals surface area contributed by atoms with Gasteiger partial charge in [0.2, 0.25) is 23.3 Å². The monoisotopic (exact) mass is 477 g/mol. The summed E-state index contributed by atoms with van der Waals surface area (Å²) < 4.78 is 5.42. The van der Waals surface area contributed by atoms with Crippen LogP contribution in [0.3, 0.4) is 0 Å². The van der Waals surface area contributed by atoms with Gasteiger partial charge >= 0.3 is 0 Å². The molecule has 3 heterocycles. The summed E-state index contributed by atoms with van der Waals surface area (Å²) in [4.78, 5) is 54.1. The first-order valence-electron chi connectivity index (χ1n) is 11.9. The van der Waals surface area contributed by atoms with Crippen LogP contribution in [0.15, 0.2) is 42.5 Å². The molecule has 2 saturated heterocycles. The van der Waals surface area contributed by atoms with Gasteiger partial charge in [-0.2, -0.15) is 0 Å². The van der Waals surface area contributed by atoms with Crippen LogP contribution in [0.5, 0.6) is 5.75 Å². The minimum atomic E-state index is -1.27. The molecular weight excluding hydrogens is 448 g/mol. The van der Waals surface area contributed by atoms with Crippen LogP contribution in [0.1, 0.15) is 36.5 Å². The molecule has 0 unspecified atom stereocenters. The summed E-state index contributed by atoms with van der Waals surface area (Å²) >= 11 is 0. The number of amides is 4. The highest BCUT2D eigenvalue weighted by Crippen LogP contribution is 2.50. The highest BCUT2D eigenvalue weighted by atomic mass is 16.5. The topological polar surface area (TPSA) is 135 Å². The van der Waals surface area contributed by atoms with Crippen LogP contribution < -0.4 is 21.1 Å². The molecule has 5 rings (SSSR count). The van der Waals surface area contributed by atoms with E-state index in [4.69, 9.17) is 10.5 Å². The number of quaternary nitrogens is 1. The maximum absolute atomic E-state index is 13.9. The van der Waals surface area contributed by atoms with Gasteiger partial charge in [-0.25, -0.2) is 0 Å². The largest absolute Gasteiger partial charge is 0.496 e. The number of rotatable bonds is 7. The van der Waals surface area contributed by atoms with E-state index < -0.39 is 29.3 Å². The lowest BCUT2D eigenvalue weighted by atomic mass is 9.76. The number of para-hydroxylation sites is 2. The number of likely N-dealkylation sites (tertiary alicyclic amines) is 1. The summed E-state index contributed by atoms with van der Waals surface area (Å²) in [7, 11) is 1.54. The standard InChI is InChI=1S/C26H28N4O5/c1-3-14-8-6-9-16-22(14)28-25(34)26(16)21-20(17(29-26)11-12-19(27)31)23(32)30(24(21)33)13-15-7-4-5-10-18(15)35-2/h4-10,17,20-21,29H,3,11-13H2,1-2H3,(H2,27,31)(H,28,34)/p+1/t17-,20-,21+,26-/m1/s1. The number of primary amides is 1. The Labute approximate surface area is 203 Å². The minimum absolute atomic E-state index is 0.0524. The first-order valence-corrected chi connectivity index (χ1v) is 11.9. The van der Waals surface area contributed by atoms with Crippen molar-refractivity contribution in [3.63, 3.8) is 0 Å². The van der Waals surface area contributed by atoms with Gasteiger partial charge in [-0.1, -0.05) is 43.3 Å². The normalized spacial score (nSPS) is 26.7. The summed E-state index contributed by atoms with van der Waals surface area (Å²) in [5, 5.41) is 4.84. The van der Waals surface area contributed by atoms with Crippen LogP contribution >= 0.6 is 0 Å². The Kier molecular flexibility index (Phi) is 5.59. The Balaban J connectivity index is 1.60. The Morgan fingerprint density at radius 1 is 1.11 bits per heavy atom. The number of fused-ring (bicyclic) bond motifs is 4. The minimum Gasteiger partial charge on any atom is -0.496 e. The predicted octanol–water partition coefficient (Wildman–Crippen LogP) is 0.418. The molecule has 0 bridgehead atoms. The second-order valence-electron chi connectivity index (χ2n) is 9.43. The number of nitrogens with two attached hydrogens (primary N) is 2. The zero-order valence-corrected chi connectivity index (χ0v) is 19.7. The molecule has 4 atom stereocenters. The number of carbonyl (C=O) groups excluding carboxylic acids is 4. The van der Waals surface area contributed by atoms with Gasteiger partial charge in [-0.3, -0.25) is 24.1 Å². The number of hydrogen-bond acceptors (Lipinski definition) is 5. The summed E-state index contributed by atoms with van der Waals surface area (Å²) in [5.41, 5.74) is 7.25. The number of nitrogens with one attached hydrogen (secondary N) is 1. The molecule has 0 saturated carbocycles. The number of hydrogen-bond donors (Lipinski definition) is 3. The quantitative estimate of drug-likeness (QED) is 0.497. The van der Waals surface area contributed by atoms with E-state index in [1.807, 2.05) is 48.6 Å². The van der Waals surface area contributed by atoms with E-state index in [-0.39, 0.29) is 30.7 Å². The second-order valence-corrected chi connectivity index (χ2v) is 9.43. The van der Waals surface area contributed by atoms with Crippen LogP contribution in [0, 0.1) is 11.8 Å². The molecule has 9 nitrogen and oxygen atoms in total. The van der Waals surface area contributed by atoms with Crippen molar-refractivity contribution in [1.29, 1.82) is 0 Å². The predicted molar refractivity (Wildman–Crippen MR) is 126 cm³/mol. The van der Waals surface area contributed by atoms with E-state index in [0.717, 1.165) is 11.1 Å². The first-order chi connectivity index (χ1) is 16.8. The van der Waals surface area contributed by atoms with Crippen molar-refractivity contribution in [2.75, 3.05) is 12.4 Å². The summed E-state index contributed by atoms with van der Waals surface area (Å²) in [6.45, 7) is 2.06. The number of carbonyl (C=O) groups is 4. The van der Waals surface area contributed by atoms with Crippen molar-refractivity contribution in [3.8, 4) is 5.75 Å². The zero-order valence-electron chi connectivity index (χ0n) is 19.7. The van der Waals surface area contributed by atoms with E-state index in [9.17, 15) is 19.2 Å². The van der Waals surface area contributed by atoms with Crippen molar-refractivity contribution in [1.82, 2.24) is 4.90 Å². The highest BCUT2D eigenvalue weighted by Gasteiger charge is 2.74. The smallest absolute Gasteiger partial charge is 0.291 e. The Morgan fingerprint density at radius 2 is 1.86 bits per heavy atom. The summed E-state index contributed by atoms with van der Waals surface area (Å²) in [6, 6.07) is 12.5. The van der Waals surface area contributed by atoms with Crippen LogP contribution in [0.2, 0.25) is 0 Å². The first kappa shape index (κ1) is 23.0. The summed E-state index contributed by atoms with van der Waals surface area (Å²) in [6.07, 6.45) is 1.08. The van der Waals surface area contributed by atoms with Gasteiger partial charge in [0.15, 0.2) is 0 Å². The van der Waals surface area contributed by atoms with Crippen LogP contribution in [0.25, 0.3) is 0 Å². The molecule has 9 heteroatoms. The van der Waals surface area contributed by atoms with Crippen LogP contribution in [-0.4, -0.2) is 41.7 Å². The molecule has 2 fully saturated rings. The molecule has 5 N–H and O–H groups in total. The lowest BCUT2D eigenvalue weighted by Gasteiger charge is -2.26. The molecule has 2 aromatic rings. The van der Waals surface area contributed by atoms with E-state index in [1.165, 1.54) is 12.0 Å². The second kappa shape index (κ2) is 8.49. The third-order valence-corrected chi connectivity index (χ3v) is 7.71. The number of imide groups is 1. The fourth-order valence-electron chi connectivity index (χ4n) is 6.14. The van der Waals surface area contributed by atoms with Crippen molar-refractivity contribution < 1.29 is 29.2 Å². The highest BCUT2D eigenvalue weighted by molar-refractivity contribution is 6.14. The molecule has 0 aliphatic carbocycles. The molecule has 182 valence electrons. The molecule has 3 aliphatic heterocycles. The SMILES string of the molecule is CCc1cccc2c1NC(=O)[C@@]21[NH2+][C@H](CCC(N)=O)[C@H]2C(=O)N(Cc3ccccc3OC)C(=O)[C@H]21. The molecule has 0 aromatic heterocycles. The van der Waals surface area contributed by atoms with Gasteiger partial charge < -0.3 is 21.1 Å². The fourth-order valence-corrected chi connectivity index (χ4v) is 6.14. The average molecular weight is 478 g/mol. The number of nitrogens with zero attached hydrogens (tertiary/aromatic N) is 1. The van der Waals surface area contributed by atoms with E-state index in [2.05, 4.69) is 5.32 Å². The number of methoxy groups -OCH3 is 1. The molecule has 1 spiro atoms. The molecule has 3 aliphatic rings. The Hall–Kier alpha value is -3.72. The van der Waals surface area contributed by atoms with Crippen molar-refractivity contribution in [2.24, 2.45) is 17.6 Å². The van der Waals surface area contributed by atoms with Gasteiger partial charge in [0.25, 0.3) is 5.91 Å². The third kappa shape index (κ3) is 3.33. The number of anilines is 1. The average Bonchev–Trinajstić information content (AvgIpc) is 3.43. The van der Waals surface area contributed by atoms with E-state index in [0.29, 0.717) is 29.8 Å².